The van der Waals surface area contributed by atoms with Crippen molar-refractivity contribution in [2.75, 3.05) is 0 Å². The summed E-state index contributed by atoms with van der Waals surface area (Å²) in [6, 6.07) is 26.3. The zero-order valence-corrected chi connectivity index (χ0v) is 15.1. The molecule has 0 aliphatic rings. The summed E-state index contributed by atoms with van der Waals surface area (Å²) in [6.07, 6.45) is 1.10. The first kappa shape index (κ1) is 17.3. The van der Waals surface area contributed by atoms with Crippen LogP contribution in [0.5, 0.6) is 0 Å². The van der Waals surface area contributed by atoms with E-state index < -0.39 is 12.1 Å². The van der Waals surface area contributed by atoms with Gasteiger partial charge in [-0.25, -0.2) is 4.79 Å². The number of esters is 1. The van der Waals surface area contributed by atoms with Gasteiger partial charge in [0.15, 0.2) is 6.10 Å². The first-order valence-electron chi connectivity index (χ1n) is 8.58. The molecule has 0 radical (unpaired) electrons. The van der Waals surface area contributed by atoms with Crippen LogP contribution in [0.3, 0.4) is 0 Å². The van der Waals surface area contributed by atoms with E-state index in [0.29, 0.717) is 16.3 Å². The van der Waals surface area contributed by atoms with Crippen LogP contribution in [0, 0.1) is 0 Å². The van der Waals surface area contributed by atoms with Crippen LogP contribution in [0.4, 0.5) is 0 Å². The summed E-state index contributed by atoms with van der Waals surface area (Å²) in [5, 5.41) is 2.35. The Bertz CT molecular complexity index is 1090. The van der Waals surface area contributed by atoms with Gasteiger partial charge in [0, 0.05) is 11.6 Å². The molecular weight excluding hydrogens is 358 g/mol. The Morgan fingerprint density at radius 1 is 0.852 bits per heavy atom. The van der Waals surface area contributed by atoms with E-state index in [1.54, 1.807) is 30.5 Å². The summed E-state index contributed by atoms with van der Waals surface area (Å²) in [5.41, 5.74) is 1.88. The third-order valence-electron chi connectivity index (χ3n) is 4.37. The molecule has 3 nitrogen and oxygen atoms in total. The zero-order chi connectivity index (χ0) is 18.6. The highest BCUT2D eigenvalue weighted by atomic mass is 35.5. The van der Waals surface area contributed by atoms with Gasteiger partial charge in [-0.1, -0.05) is 78.3 Å². The molecule has 4 rings (SSSR count). The first-order valence-corrected chi connectivity index (χ1v) is 8.96. The molecule has 1 heterocycles. The quantitative estimate of drug-likeness (QED) is 0.422. The largest absolute Gasteiger partial charge is 0.447 e. The number of hydrogen-bond acceptors (Lipinski definition) is 3. The van der Waals surface area contributed by atoms with Crippen LogP contribution in [-0.4, -0.2) is 11.0 Å². The second-order valence-corrected chi connectivity index (χ2v) is 6.50. The summed E-state index contributed by atoms with van der Waals surface area (Å²) in [6.45, 7) is 0. The fourth-order valence-electron chi connectivity index (χ4n) is 3.06. The molecule has 0 bridgehead atoms. The highest BCUT2D eigenvalue weighted by Gasteiger charge is 2.24. The third-order valence-corrected chi connectivity index (χ3v) is 4.70. The van der Waals surface area contributed by atoms with Crippen molar-refractivity contribution in [3.8, 4) is 0 Å². The van der Waals surface area contributed by atoms with E-state index >= 15 is 0 Å². The second-order valence-electron chi connectivity index (χ2n) is 6.09. The van der Waals surface area contributed by atoms with E-state index in [-0.39, 0.29) is 0 Å². The topological polar surface area (TPSA) is 39.2 Å². The van der Waals surface area contributed by atoms with Crippen LogP contribution in [0.15, 0.2) is 91.1 Å². The third kappa shape index (κ3) is 3.55. The van der Waals surface area contributed by atoms with Crippen molar-refractivity contribution < 1.29 is 9.53 Å². The molecule has 1 atom stereocenters. The lowest BCUT2D eigenvalue weighted by Gasteiger charge is -2.20. The SMILES string of the molecule is O=C(OC(c1ccccc1)c1nccc2ccccc12)c1ccccc1Cl. The van der Waals surface area contributed by atoms with Gasteiger partial charge in [-0.3, -0.25) is 4.98 Å². The maximum Gasteiger partial charge on any atom is 0.340 e. The molecule has 0 saturated heterocycles. The molecule has 132 valence electrons. The summed E-state index contributed by atoms with van der Waals surface area (Å²) < 4.78 is 5.91. The lowest BCUT2D eigenvalue weighted by Crippen LogP contribution is -2.15. The van der Waals surface area contributed by atoms with Gasteiger partial charge in [0.1, 0.15) is 0 Å². The highest BCUT2D eigenvalue weighted by Crippen LogP contribution is 2.31. The Balaban J connectivity index is 1.81. The van der Waals surface area contributed by atoms with Crippen LogP contribution >= 0.6 is 11.6 Å². The number of aromatic nitrogens is 1. The molecule has 0 amide bonds. The van der Waals surface area contributed by atoms with Crippen LogP contribution in [-0.2, 0) is 4.74 Å². The average Bonchev–Trinajstić information content (AvgIpc) is 2.72. The van der Waals surface area contributed by atoms with Crippen molar-refractivity contribution in [2.24, 2.45) is 0 Å². The Labute approximate surface area is 162 Å². The number of halogens is 1. The monoisotopic (exact) mass is 373 g/mol. The first-order chi connectivity index (χ1) is 13.2. The Morgan fingerprint density at radius 2 is 1.56 bits per heavy atom. The number of benzene rings is 3. The van der Waals surface area contributed by atoms with Gasteiger partial charge < -0.3 is 4.74 Å². The summed E-state index contributed by atoms with van der Waals surface area (Å²) in [4.78, 5) is 17.4. The van der Waals surface area contributed by atoms with Crippen molar-refractivity contribution in [3.63, 3.8) is 0 Å². The number of pyridine rings is 1. The predicted molar refractivity (Wildman–Crippen MR) is 107 cm³/mol. The molecule has 1 unspecified atom stereocenters. The highest BCUT2D eigenvalue weighted by molar-refractivity contribution is 6.33. The van der Waals surface area contributed by atoms with Gasteiger partial charge in [0.05, 0.1) is 16.3 Å². The van der Waals surface area contributed by atoms with Crippen molar-refractivity contribution in [1.29, 1.82) is 0 Å². The fourth-order valence-corrected chi connectivity index (χ4v) is 3.27. The number of carbonyl (C=O) groups excluding carboxylic acids is 1. The fraction of sp³-hybridized carbons (Fsp3) is 0.0435. The Morgan fingerprint density at radius 3 is 2.37 bits per heavy atom. The van der Waals surface area contributed by atoms with Crippen LogP contribution in [0.2, 0.25) is 5.02 Å². The lowest BCUT2D eigenvalue weighted by atomic mass is 10.0. The molecule has 0 fully saturated rings. The van der Waals surface area contributed by atoms with E-state index in [0.717, 1.165) is 16.3 Å². The van der Waals surface area contributed by atoms with Gasteiger partial charge in [-0.15, -0.1) is 0 Å². The number of carbonyl (C=O) groups is 1. The van der Waals surface area contributed by atoms with E-state index in [1.165, 1.54) is 0 Å². The molecule has 0 saturated carbocycles. The molecular formula is C23H16ClNO2. The van der Waals surface area contributed by atoms with Gasteiger partial charge in [0.2, 0.25) is 0 Å². The van der Waals surface area contributed by atoms with E-state index in [4.69, 9.17) is 16.3 Å². The number of fused-ring (bicyclic) bond motifs is 1. The van der Waals surface area contributed by atoms with Gasteiger partial charge >= 0.3 is 5.97 Å². The number of rotatable bonds is 4. The van der Waals surface area contributed by atoms with Gasteiger partial charge in [-0.05, 0) is 29.1 Å². The van der Waals surface area contributed by atoms with E-state index in [2.05, 4.69) is 4.98 Å². The van der Waals surface area contributed by atoms with Gasteiger partial charge in [-0.2, -0.15) is 0 Å². The smallest absolute Gasteiger partial charge is 0.340 e. The summed E-state index contributed by atoms with van der Waals surface area (Å²) in [7, 11) is 0. The molecule has 27 heavy (non-hydrogen) atoms. The van der Waals surface area contributed by atoms with Crippen molar-refractivity contribution in [3.05, 3.63) is 113 Å². The Hall–Kier alpha value is -3.17. The molecule has 1 aromatic heterocycles. The number of nitrogens with zero attached hydrogens (tertiary/aromatic N) is 1. The van der Waals surface area contributed by atoms with Crippen LogP contribution in [0.1, 0.15) is 27.7 Å². The average molecular weight is 374 g/mol. The van der Waals surface area contributed by atoms with E-state index in [9.17, 15) is 4.79 Å². The summed E-state index contributed by atoms with van der Waals surface area (Å²) in [5.74, 6) is -0.482. The standard InChI is InChI=1S/C23H16ClNO2/c24-20-13-7-6-12-19(20)23(26)27-22(17-9-2-1-3-10-17)21-18-11-5-4-8-16(18)14-15-25-21/h1-15,22H. The zero-order valence-electron chi connectivity index (χ0n) is 14.4. The van der Waals surface area contributed by atoms with Gasteiger partial charge in [0.25, 0.3) is 0 Å². The maximum atomic E-state index is 12.8. The molecule has 0 aliphatic heterocycles. The lowest BCUT2D eigenvalue weighted by molar-refractivity contribution is 0.0373. The van der Waals surface area contributed by atoms with Crippen molar-refractivity contribution in [2.45, 2.75) is 6.10 Å². The second kappa shape index (κ2) is 7.60. The minimum atomic E-state index is -0.638. The molecule has 0 aliphatic carbocycles. The Kier molecular flexibility index (Phi) is 4.86. The number of ether oxygens (including phenoxy) is 1. The van der Waals surface area contributed by atoms with Crippen molar-refractivity contribution in [1.82, 2.24) is 4.98 Å². The molecule has 3 aromatic carbocycles. The van der Waals surface area contributed by atoms with Crippen LogP contribution < -0.4 is 0 Å². The molecule has 4 aromatic rings. The minimum absolute atomic E-state index is 0.334. The normalized spacial score (nSPS) is 11.9. The van der Waals surface area contributed by atoms with E-state index in [1.807, 2.05) is 60.7 Å². The van der Waals surface area contributed by atoms with Crippen molar-refractivity contribution >= 4 is 28.3 Å². The van der Waals surface area contributed by atoms with Crippen LogP contribution in [0.25, 0.3) is 10.8 Å². The number of hydrogen-bond donors (Lipinski definition) is 0. The minimum Gasteiger partial charge on any atom is -0.447 e. The maximum absolute atomic E-state index is 12.8. The molecule has 0 spiro atoms. The molecule has 0 N–H and O–H groups in total. The molecule has 4 heteroatoms. The summed E-state index contributed by atoms with van der Waals surface area (Å²) >= 11 is 6.17. The predicted octanol–water partition coefficient (Wildman–Crippen LogP) is 5.83.